The fraction of sp³-hybridized carbons (Fsp3) is 0.231. The van der Waals surface area contributed by atoms with Crippen LogP contribution in [0, 0.1) is 4.77 Å². The van der Waals surface area contributed by atoms with Gasteiger partial charge in [0, 0.05) is 0 Å². The van der Waals surface area contributed by atoms with Crippen molar-refractivity contribution in [2.75, 3.05) is 6.61 Å². The fourth-order valence-electron chi connectivity index (χ4n) is 1.45. The normalized spacial score (nSPS) is 10.8. The summed E-state index contributed by atoms with van der Waals surface area (Å²) in [6.45, 7) is 2.74. The minimum atomic E-state index is -0.382. The molecule has 0 aliphatic heterocycles. The van der Waals surface area contributed by atoms with E-state index in [0.717, 1.165) is 28.6 Å². The second kappa shape index (κ2) is 6.76. The first kappa shape index (κ1) is 14.1. The van der Waals surface area contributed by atoms with Crippen LogP contribution in [0.4, 0.5) is 0 Å². The van der Waals surface area contributed by atoms with E-state index in [1.165, 1.54) is 0 Å². The molecule has 7 heteroatoms. The maximum atomic E-state index is 11.5. The molecule has 0 saturated heterocycles. The lowest BCUT2D eigenvalue weighted by Gasteiger charge is -2.03. The van der Waals surface area contributed by atoms with Crippen molar-refractivity contribution in [2.24, 2.45) is 5.10 Å². The van der Waals surface area contributed by atoms with Crippen molar-refractivity contribution in [3.63, 3.8) is 0 Å². The van der Waals surface area contributed by atoms with Crippen molar-refractivity contribution in [1.82, 2.24) is 14.9 Å². The molecular weight excluding hydrogens is 276 g/mol. The summed E-state index contributed by atoms with van der Waals surface area (Å²) in [5.41, 5.74) is 0.458. The van der Waals surface area contributed by atoms with Crippen LogP contribution in [0.5, 0.6) is 5.75 Å². The highest BCUT2D eigenvalue weighted by molar-refractivity contribution is 7.71. The van der Waals surface area contributed by atoms with Gasteiger partial charge >= 0.3 is 0 Å². The van der Waals surface area contributed by atoms with E-state index in [0.29, 0.717) is 6.61 Å². The van der Waals surface area contributed by atoms with Gasteiger partial charge in [-0.05, 0) is 48.5 Å². The Morgan fingerprint density at radius 1 is 1.45 bits per heavy atom. The Bertz CT molecular complexity index is 675. The maximum absolute atomic E-state index is 11.5. The lowest BCUT2D eigenvalue weighted by Crippen LogP contribution is -2.18. The molecule has 0 unspecified atom stereocenters. The van der Waals surface area contributed by atoms with Crippen LogP contribution in [0.1, 0.15) is 18.9 Å². The van der Waals surface area contributed by atoms with Crippen LogP contribution in [0.15, 0.2) is 40.4 Å². The summed E-state index contributed by atoms with van der Waals surface area (Å²) in [4.78, 5) is 11.5. The Morgan fingerprint density at radius 3 is 2.85 bits per heavy atom. The van der Waals surface area contributed by atoms with E-state index in [1.54, 1.807) is 6.21 Å². The third-order valence-electron chi connectivity index (χ3n) is 2.41. The minimum absolute atomic E-state index is 0.150. The van der Waals surface area contributed by atoms with Crippen LogP contribution in [0.3, 0.4) is 0 Å². The molecule has 20 heavy (non-hydrogen) atoms. The van der Waals surface area contributed by atoms with E-state index in [1.807, 2.05) is 24.3 Å². The molecule has 1 N–H and O–H groups in total. The average Bonchev–Trinajstić information content (AvgIpc) is 2.46. The minimum Gasteiger partial charge on any atom is -0.494 e. The number of aromatic amines is 1. The van der Waals surface area contributed by atoms with Gasteiger partial charge in [0.05, 0.1) is 12.8 Å². The molecule has 0 aliphatic carbocycles. The summed E-state index contributed by atoms with van der Waals surface area (Å²) in [5, 5.41) is 10.1. The Hall–Kier alpha value is -2.28. The van der Waals surface area contributed by atoms with E-state index < -0.39 is 0 Å². The summed E-state index contributed by atoms with van der Waals surface area (Å²) >= 11 is 4.93. The molecular formula is C13H14N4O2S. The van der Waals surface area contributed by atoms with Gasteiger partial charge in [-0.25, -0.2) is 0 Å². The second-order valence-electron chi connectivity index (χ2n) is 3.99. The van der Waals surface area contributed by atoms with Gasteiger partial charge in [-0.2, -0.15) is 14.9 Å². The third kappa shape index (κ3) is 3.61. The highest BCUT2D eigenvalue weighted by atomic mass is 32.1. The Morgan fingerprint density at radius 2 is 2.20 bits per heavy atom. The van der Waals surface area contributed by atoms with E-state index in [9.17, 15) is 4.79 Å². The van der Waals surface area contributed by atoms with Gasteiger partial charge < -0.3 is 4.74 Å². The molecule has 0 saturated carbocycles. The first-order chi connectivity index (χ1) is 9.70. The molecule has 2 rings (SSSR count). The zero-order chi connectivity index (χ0) is 14.4. The number of ether oxygens (including phenoxy) is 1. The van der Waals surface area contributed by atoms with Crippen LogP contribution in [-0.4, -0.2) is 27.7 Å². The second-order valence-corrected chi connectivity index (χ2v) is 4.37. The van der Waals surface area contributed by atoms with Crippen LogP contribution in [0.25, 0.3) is 0 Å². The number of benzene rings is 1. The van der Waals surface area contributed by atoms with Crippen LogP contribution < -0.4 is 10.3 Å². The van der Waals surface area contributed by atoms with Gasteiger partial charge in [-0.15, -0.1) is 0 Å². The summed E-state index contributed by atoms with van der Waals surface area (Å²) in [6.07, 6.45) is 3.63. The largest absolute Gasteiger partial charge is 0.494 e. The summed E-state index contributed by atoms with van der Waals surface area (Å²) in [7, 11) is 0. The first-order valence-electron chi connectivity index (χ1n) is 6.14. The SMILES string of the molecule is CCCOc1ccc(/C=N/n2c(=O)cn[nH]c2=S)cc1. The third-order valence-corrected chi connectivity index (χ3v) is 2.68. The Labute approximate surface area is 120 Å². The van der Waals surface area contributed by atoms with E-state index in [2.05, 4.69) is 22.2 Å². The molecule has 104 valence electrons. The maximum Gasteiger partial charge on any atom is 0.293 e. The van der Waals surface area contributed by atoms with Crippen LogP contribution in [0.2, 0.25) is 0 Å². The molecule has 0 spiro atoms. The van der Waals surface area contributed by atoms with Crippen molar-refractivity contribution in [1.29, 1.82) is 0 Å². The Kier molecular flexibility index (Phi) is 4.78. The number of nitrogens with zero attached hydrogens (tertiary/aromatic N) is 3. The number of nitrogens with one attached hydrogen (secondary N) is 1. The highest BCUT2D eigenvalue weighted by Crippen LogP contribution is 2.11. The number of H-pyrrole nitrogens is 1. The lowest BCUT2D eigenvalue weighted by atomic mass is 10.2. The van der Waals surface area contributed by atoms with Gasteiger partial charge in [0.25, 0.3) is 5.56 Å². The van der Waals surface area contributed by atoms with Gasteiger partial charge in [0.1, 0.15) is 11.9 Å². The van der Waals surface area contributed by atoms with Crippen LogP contribution in [-0.2, 0) is 0 Å². The fourth-order valence-corrected chi connectivity index (χ4v) is 1.64. The zero-order valence-corrected chi connectivity index (χ0v) is 11.8. The molecule has 6 nitrogen and oxygen atoms in total. The molecule has 0 aliphatic rings. The summed E-state index contributed by atoms with van der Waals surface area (Å²) in [6, 6.07) is 7.42. The Balaban J connectivity index is 2.16. The van der Waals surface area contributed by atoms with Crippen molar-refractivity contribution in [3.05, 3.63) is 51.2 Å². The predicted octanol–water partition coefficient (Wildman–Crippen LogP) is 1.97. The number of aromatic nitrogens is 3. The molecule has 1 heterocycles. The van der Waals surface area contributed by atoms with E-state index >= 15 is 0 Å². The number of rotatable bonds is 5. The molecule has 0 bridgehead atoms. The average molecular weight is 290 g/mol. The molecule has 1 aromatic carbocycles. The summed E-state index contributed by atoms with van der Waals surface area (Å²) in [5.74, 6) is 0.808. The van der Waals surface area contributed by atoms with Crippen molar-refractivity contribution in [3.8, 4) is 5.75 Å². The number of hydrogen-bond donors (Lipinski definition) is 1. The van der Waals surface area contributed by atoms with Crippen molar-refractivity contribution in [2.45, 2.75) is 13.3 Å². The molecule has 0 fully saturated rings. The van der Waals surface area contributed by atoms with Gasteiger partial charge in [0.2, 0.25) is 4.77 Å². The topological polar surface area (TPSA) is 72.3 Å². The lowest BCUT2D eigenvalue weighted by molar-refractivity contribution is 0.317. The molecule has 0 amide bonds. The first-order valence-corrected chi connectivity index (χ1v) is 6.55. The molecule has 1 aromatic heterocycles. The van der Waals surface area contributed by atoms with Gasteiger partial charge in [0.15, 0.2) is 0 Å². The molecule has 0 atom stereocenters. The van der Waals surface area contributed by atoms with Gasteiger partial charge in [-0.1, -0.05) is 6.92 Å². The van der Waals surface area contributed by atoms with Crippen LogP contribution >= 0.6 is 12.2 Å². The monoisotopic (exact) mass is 290 g/mol. The molecule has 0 radical (unpaired) electrons. The number of hydrogen-bond acceptors (Lipinski definition) is 5. The predicted molar refractivity (Wildman–Crippen MR) is 78.9 cm³/mol. The molecule has 2 aromatic rings. The standard InChI is InChI=1S/C13H14N4O2S/c1-2-7-19-11-5-3-10(4-6-11)8-15-17-12(18)9-14-16-13(17)20/h3-6,8-9H,2,7H2,1H3,(H,16,20)/b15-8+. The van der Waals surface area contributed by atoms with E-state index in [4.69, 9.17) is 17.0 Å². The summed E-state index contributed by atoms with van der Waals surface area (Å²) < 4.78 is 6.70. The van der Waals surface area contributed by atoms with Crippen molar-refractivity contribution >= 4 is 18.4 Å². The highest BCUT2D eigenvalue weighted by Gasteiger charge is 1.96. The quantitative estimate of drug-likeness (QED) is 0.675. The van der Waals surface area contributed by atoms with Gasteiger partial charge in [-0.3, -0.25) is 9.89 Å². The smallest absolute Gasteiger partial charge is 0.293 e. The van der Waals surface area contributed by atoms with Crippen molar-refractivity contribution < 1.29 is 4.74 Å². The van der Waals surface area contributed by atoms with E-state index in [-0.39, 0.29) is 10.3 Å². The zero-order valence-electron chi connectivity index (χ0n) is 10.9.